The number of sulfonamides is 1. The fourth-order valence-corrected chi connectivity index (χ4v) is 4.18. The van der Waals surface area contributed by atoms with Crippen molar-refractivity contribution in [1.82, 2.24) is 9.80 Å². The highest BCUT2D eigenvalue weighted by molar-refractivity contribution is 8.27. The monoisotopic (exact) mass is 398 g/mol. The zero-order valence-electron chi connectivity index (χ0n) is 14.2. The summed E-state index contributed by atoms with van der Waals surface area (Å²) in [5, 5.41) is 0. The van der Waals surface area contributed by atoms with Gasteiger partial charge in [-0.1, -0.05) is 24.0 Å². The number of hydrogen-bond donors (Lipinski definition) is 0. The first kappa shape index (κ1) is 19.4. The number of rotatable bonds is 5. The number of carbonyl (C=O) groups excluding carboxylic acids is 1. The van der Waals surface area contributed by atoms with Gasteiger partial charge in [0.25, 0.3) is 15.9 Å². The maximum absolute atomic E-state index is 12.5. The lowest BCUT2D eigenvalue weighted by atomic mass is 10.3. The van der Waals surface area contributed by atoms with Gasteiger partial charge in [-0.25, -0.2) is 0 Å². The van der Waals surface area contributed by atoms with E-state index in [0.29, 0.717) is 14.9 Å². The van der Waals surface area contributed by atoms with Crippen molar-refractivity contribution in [3.8, 4) is 0 Å². The molecule has 1 saturated heterocycles. The molecule has 134 valence electrons. The number of anilines is 1. The first-order valence-corrected chi connectivity index (χ1v) is 9.80. The molecule has 1 fully saturated rings. The molecule has 0 radical (unpaired) electrons. The van der Waals surface area contributed by atoms with Crippen LogP contribution in [0.3, 0.4) is 0 Å². The van der Waals surface area contributed by atoms with Crippen molar-refractivity contribution in [2.45, 2.75) is 4.90 Å². The largest absolute Gasteiger partial charge is 0.382 e. The predicted molar refractivity (Wildman–Crippen MR) is 105 cm³/mol. The van der Waals surface area contributed by atoms with Gasteiger partial charge in [-0.2, -0.15) is 8.42 Å². The molecule has 1 aromatic rings. The molecular weight excluding hydrogens is 380 g/mol. The zero-order chi connectivity index (χ0) is 18.8. The van der Waals surface area contributed by atoms with Gasteiger partial charge in [-0.15, -0.1) is 4.40 Å². The lowest BCUT2D eigenvalue weighted by Crippen LogP contribution is -2.27. The van der Waals surface area contributed by atoms with Gasteiger partial charge < -0.3 is 9.80 Å². The second kappa shape index (κ2) is 7.54. The van der Waals surface area contributed by atoms with Crippen molar-refractivity contribution in [3.63, 3.8) is 0 Å². The van der Waals surface area contributed by atoms with Gasteiger partial charge in [0.15, 0.2) is 4.32 Å². The Balaban J connectivity index is 2.29. The van der Waals surface area contributed by atoms with Gasteiger partial charge in [0.05, 0.1) is 15.5 Å². The van der Waals surface area contributed by atoms with Crippen molar-refractivity contribution in [2.24, 2.45) is 4.40 Å². The van der Waals surface area contributed by atoms with Crippen LogP contribution in [0.25, 0.3) is 0 Å². The summed E-state index contributed by atoms with van der Waals surface area (Å²) in [6.45, 7) is 0. The molecular formula is C15H18N4O3S3. The Morgan fingerprint density at radius 3 is 2.24 bits per heavy atom. The Bertz CT molecular complexity index is 843. The average molecular weight is 399 g/mol. The predicted octanol–water partition coefficient (Wildman–Crippen LogP) is 1.73. The number of amides is 1. The van der Waals surface area contributed by atoms with Crippen LogP contribution in [0.4, 0.5) is 5.69 Å². The van der Waals surface area contributed by atoms with Crippen LogP contribution < -0.4 is 4.90 Å². The Hall–Kier alpha value is -1.91. The summed E-state index contributed by atoms with van der Waals surface area (Å²) < 4.78 is 28.2. The minimum absolute atomic E-state index is 0.0450. The van der Waals surface area contributed by atoms with Crippen molar-refractivity contribution in [2.75, 3.05) is 33.1 Å². The molecule has 0 unspecified atom stereocenters. The summed E-state index contributed by atoms with van der Waals surface area (Å²) in [4.78, 5) is 17.7. The minimum atomic E-state index is -3.78. The fourth-order valence-electron chi connectivity index (χ4n) is 1.90. The van der Waals surface area contributed by atoms with Gasteiger partial charge in [0.1, 0.15) is 6.34 Å². The number of nitrogens with zero attached hydrogens (tertiary/aromatic N) is 4. The Morgan fingerprint density at radius 2 is 1.72 bits per heavy atom. The molecule has 1 aliphatic heterocycles. The van der Waals surface area contributed by atoms with Crippen LogP contribution in [0, 0.1) is 0 Å². The third-order valence-electron chi connectivity index (χ3n) is 2.98. The van der Waals surface area contributed by atoms with E-state index < -0.39 is 10.0 Å². The summed E-state index contributed by atoms with van der Waals surface area (Å²) in [6.07, 6.45) is 2.92. The van der Waals surface area contributed by atoms with Crippen LogP contribution in [-0.2, 0) is 14.8 Å². The fraction of sp³-hybridized carbons (Fsp3) is 0.267. The van der Waals surface area contributed by atoms with E-state index in [2.05, 4.69) is 4.40 Å². The van der Waals surface area contributed by atoms with Gasteiger partial charge in [-0.3, -0.25) is 9.69 Å². The Morgan fingerprint density at radius 1 is 1.12 bits per heavy atom. The molecule has 1 aliphatic rings. The van der Waals surface area contributed by atoms with Crippen molar-refractivity contribution < 1.29 is 13.2 Å². The van der Waals surface area contributed by atoms with Crippen LogP contribution in [0.5, 0.6) is 0 Å². The molecule has 0 aliphatic carbocycles. The molecule has 0 atom stereocenters. The minimum Gasteiger partial charge on any atom is -0.382 e. The molecule has 1 heterocycles. The Kier molecular flexibility index (Phi) is 5.86. The normalized spacial score (nSPS) is 17.0. The molecule has 10 heteroatoms. The maximum Gasteiger partial charge on any atom is 0.283 e. The van der Waals surface area contributed by atoms with Crippen LogP contribution >= 0.6 is 24.0 Å². The number of carbonyl (C=O) groups is 1. The molecule has 1 amide bonds. The van der Waals surface area contributed by atoms with E-state index >= 15 is 0 Å². The quantitative estimate of drug-likeness (QED) is 0.324. The third-order valence-corrected chi connectivity index (χ3v) is 5.51. The summed E-state index contributed by atoms with van der Waals surface area (Å²) in [6, 6.07) is 5.90. The highest BCUT2D eigenvalue weighted by atomic mass is 32.2. The lowest BCUT2D eigenvalue weighted by Gasteiger charge is -2.15. The number of thioether (sulfide) groups is 1. The van der Waals surface area contributed by atoms with Crippen LogP contribution in [0.15, 0.2) is 44.7 Å². The third kappa shape index (κ3) is 4.59. The molecule has 0 bridgehead atoms. The molecule has 25 heavy (non-hydrogen) atoms. The van der Waals surface area contributed by atoms with E-state index in [1.54, 1.807) is 37.3 Å². The zero-order valence-corrected chi connectivity index (χ0v) is 16.7. The van der Waals surface area contributed by atoms with Crippen molar-refractivity contribution >= 4 is 56.3 Å². The van der Waals surface area contributed by atoms with Crippen LogP contribution in [0.2, 0.25) is 0 Å². The second-order valence-corrected chi connectivity index (χ2v) is 8.93. The average Bonchev–Trinajstić information content (AvgIpc) is 2.79. The number of benzene rings is 1. The molecule has 0 spiro atoms. The van der Waals surface area contributed by atoms with Crippen LogP contribution in [-0.4, -0.2) is 63.0 Å². The standard InChI is InChI=1S/C15H18N4O3S3/c1-17(2)9-13-14(20)19(15(23)24-13)11-5-7-12(8-6-11)25(21,22)16-10-18(3)4/h5-10H,1-4H3/b13-9+,16-10+. The van der Waals surface area contributed by atoms with Gasteiger partial charge >= 0.3 is 0 Å². The first-order valence-electron chi connectivity index (χ1n) is 7.13. The summed E-state index contributed by atoms with van der Waals surface area (Å²) >= 11 is 6.47. The summed E-state index contributed by atoms with van der Waals surface area (Å²) in [7, 11) is 3.22. The SMILES string of the molecule is CN(C)/C=N/S(=O)(=O)c1ccc(N2C(=O)/C(=C\N(C)C)SC2=S)cc1. The summed E-state index contributed by atoms with van der Waals surface area (Å²) in [5.74, 6) is -0.232. The highest BCUT2D eigenvalue weighted by Gasteiger charge is 2.33. The van der Waals surface area contributed by atoms with E-state index in [0.717, 1.165) is 0 Å². The van der Waals surface area contributed by atoms with Gasteiger partial charge in [0, 0.05) is 34.4 Å². The molecule has 0 N–H and O–H groups in total. The van der Waals surface area contributed by atoms with E-state index in [-0.39, 0.29) is 10.8 Å². The number of hydrogen-bond acceptors (Lipinski definition) is 6. The van der Waals surface area contributed by atoms with Crippen molar-refractivity contribution in [1.29, 1.82) is 0 Å². The van der Waals surface area contributed by atoms with Gasteiger partial charge in [0.2, 0.25) is 0 Å². The molecule has 2 rings (SSSR count). The van der Waals surface area contributed by atoms with E-state index in [4.69, 9.17) is 12.2 Å². The smallest absolute Gasteiger partial charge is 0.283 e. The van der Waals surface area contributed by atoms with E-state index in [9.17, 15) is 13.2 Å². The van der Waals surface area contributed by atoms with E-state index in [1.165, 1.54) is 40.0 Å². The summed E-state index contributed by atoms with van der Waals surface area (Å²) in [5.41, 5.74) is 0.514. The molecule has 7 nitrogen and oxygen atoms in total. The van der Waals surface area contributed by atoms with E-state index in [1.807, 2.05) is 14.1 Å². The van der Waals surface area contributed by atoms with Gasteiger partial charge in [-0.05, 0) is 24.3 Å². The molecule has 0 saturated carbocycles. The van der Waals surface area contributed by atoms with Crippen molar-refractivity contribution in [3.05, 3.63) is 35.4 Å². The maximum atomic E-state index is 12.5. The first-order chi connectivity index (χ1) is 11.6. The lowest BCUT2D eigenvalue weighted by molar-refractivity contribution is -0.113. The van der Waals surface area contributed by atoms with Crippen LogP contribution in [0.1, 0.15) is 0 Å². The number of thiocarbonyl (C=S) groups is 1. The highest BCUT2D eigenvalue weighted by Crippen LogP contribution is 2.35. The topological polar surface area (TPSA) is 73.3 Å². The second-order valence-electron chi connectivity index (χ2n) is 5.62. The molecule has 1 aromatic carbocycles. The molecule has 0 aromatic heterocycles. The Labute approximate surface area is 157 Å².